The van der Waals surface area contributed by atoms with Gasteiger partial charge in [-0.2, -0.15) is 0 Å². The summed E-state index contributed by atoms with van der Waals surface area (Å²) in [6, 6.07) is 18.7. The number of nitrogens with zero attached hydrogens (tertiary/aromatic N) is 3. The summed E-state index contributed by atoms with van der Waals surface area (Å²) in [5.74, 6) is -0.383. The van der Waals surface area contributed by atoms with Gasteiger partial charge < -0.3 is 5.32 Å². The Morgan fingerprint density at radius 1 is 0.879 bits per heavy atom. The number of nitrogens with one attached hydrogen (secondary N) is 1. The monoisotopic (exact) mass is 452 g/mol. The summed E-state index contributed by atoms with van der Waals surface area (Å²) >= 11 is 6.15. The summed E-state index contributed by atoms with van der Waals surface area (Å²) in [5, 5.41) is 4.72. The lowest BCUT2D eigenvalue weighted by atomic mass is 9.97. The molecule has 6 heteroatoms. The van der Waals surface area contributed by atoms with Crippen molar-refractivity contribution in [3.63, 3.8) is 0 Å². The van der Waals surface area contributed by atoms with Crippen LogP contribution in [0.3, 0.4) is 0 Å². The van der Waals surface area contributed by atoms with Gasteiger partial charge in [0.1, 0.15) is 5.82 Å². The van der Waals surface area contributed by atoms with E-state index in [1.165, 1.54) is 23.4 Å². The number of aromatic nitrogens is 3. The molecule has 4 nitrogen and oxygen atoms in total. The van der Waals surface area contributed by atoms with Crippen molar-refractivity contribution in [2.24, 2.45) is 0 Å². The number of halogens is 2. The normalized spacial score (nSPS) is 12.5. The number of hydrogen-bond donors (Lipinski definition) is 1. The number of rotatable bonds is 3. The molecule has 33 heavy (non-hydrogen) atoms. The molecule has 160 valence electrons. The maximum absolute atomic E-state index is 14.6. The van der Waals surface area contributed by atoms with Crippen LogP contribution < -0.4 is 5.32 Å². The van der Waals surface area contributed by atoms with Gasteiger partial charge in [0, 0.05) is 57.9 Å². The molecule has 6 rings (SSSR count). The van der Waals surface area contributed by atoms with Gasteiger partial charge in [0.05, 0.1) is 5.69 Å². The predicted molar refractivity (Wildman–Crippen MR) is 131 cm³/mol. The molecule has 0 fully saturated rings. The fourth-order valence-corrected chi connectivity index (χ4v) is 4.53. The fourth-order valence-electron chi connectivity index (χ4n) is 4.36. The zero-order chi connectivity index (χ0) is 22.4. The van der Waals surface area contributed by atoms with Crippen LogP contribution >= 0.6 is 11.6 Å². The molecule has 0 radical (unpaired) electrons. The van der Waals surface area contributed by atoms with Crippen LogP contribution in [-0.4, -0.2) is 21.5 Å². The van der Waals surface area contributed by atoms with Gasteiger partial charge in [-0.25, -0.2) is 14.4 Å². The van der Waals surface area contributed by atoms with E-state index in [1.807, 2.05) is 30.6 Å². The lowest BCUT2D eigenvalue weighted by Crippen LogP contribution is -1.94. The zero-order valence-corrected chi connectivity index (χ0v) is 18.3. The van der Waals surface area contributed by atoms with Gasteiger partial charge in [-0.1, -0.05) is 17.7 Å². The minimum Gasteiger partial charge on any atom is -0.384 e. The zero-order valence-electron chi connectivity index (χ0n) is 17.5. The number of pyridine rings is 3. The number of benzene rings is 2. The Labute approximate surface area is 195 Å². The van der Waals surface area contributed by atoms with Gasteiger partial charge in [-0.15, -0.1) is 0 Å². The Hall–Kier alpha value is -3.83. The van der Waals surface area contributed by atoms with Crippen molar-refractivity contribution in [3.05, 3.63) is 95.7 Å². The first kappa shape index (κ1) is 19.8. The van der Waals surface area contributed by atoms with Gasteiger partial charge in [-0.3, -0.25) is 4.98 Å². The van der Waals surface area contributed by atoms with Gasteiger partial charge in [0.25, 0.3) is 0 Å². The molecule has 0 aliphatic carbocycles. The highest BCUT2D eigenvalue weighted by Gasteiger charge is 2.15. The van der Waals surface area contributed by atoms with Gasteiger partial charge in [0.15, 0.2) is 5.65 Å². The molecule has 0 spiro atoms. The van der Waals surface area contributed by atoms with Crippen LogP contribution in [0.15, 0.2) is 79.3 Å². The third-order valence-electron chi connectivity index (χ3n) is 5.99. The highest BCUT2D eigenvalue weighted by Crippen LogP contribution is 2.35. The van der Waals surface area contributed by atoms with Crippen molar-refractivity contribution in [1.82, 2.24) is 15.0 Å². The van der Waals surface area contributed by atoms with E-state index in [-0.39, 0.29) is 5.82 Å². The van der Waals surface area contributed by atoms with Crippen molar-refractivity contribution in [2.75, 3.05) is 11.9 Å². The summed E-state index contributed by atoms with van der Waals surface area (Å²) in [5.41, 5.74) is 7.80. The molecule has 1 N–H and O–H groups in total. The first-order valence-electron chi connectivity index (χ1n) is 10.7. The molecule has 0 amide bonds. The maximum Gasteiger partial charge on any atom is 0.160 e. The van der Waals surface area contributed by atoms with Crippen molar-refractivity contribution < 1.29 is 4.39 Å². The molecule has 1 aliphatic rings. The third-order valence-corrected chi connectivity index (χ3v) is 6.22. The molecule has 1 aliphatic heterocycles. The molecule has 4 heterocycles. The smallest absolute Gasteiger partial charge is 0.160 e. The summed E-state index contributed by atoms with van der Waals surface area (Å²) in [6.45, 7) is 0.968. The first-order chi connectivity index (χ1) is 16.2. The molecule has 0 bridgehead atoms. The van der Waals surface area contributed by atoms with Crippen molar-refractivity contribution in [2.45, 2.75) is 6.42 Å². The van der Waals surface area contributed by atoms with Crippen LogP contribution in [0.5, 0.6) is 0 Å². The van der Waals surface area contributed by atoms with E-state index in [2.05, 4.69) is 44.5 Å². The summed E-state index contributed by atoms with van der Waals surface area (Å²) in [7, 11) is 0. The molecular weight excluding hydrogens is 435 g/mol. The second-order valence-corrected chi connectivity index (χ2v) is 8.50. The second-order valence-electron chi connectivity index (χ2n) is 8.06. The van der Waals surface area contributed by atoms with E-state index in [0.29, 0.717) is 21.9 Å². The Balaban J connectivity index is 1.53. The van der Waals surface area contributed by atoms with E-state index in [1.54, 1.807) is 12.3 Å². The third kappa shape index (κ3) is 3.60. The molecule has 0 unspecified atom stereocenters. The number of fused-ring (bicyclic) bond motifs is 2. The highest BCUT2D eigenvalue weighted by molar-refractivity contribution is 6.30. The lowest BCUT2D eigenvalue weighted by molar-refractivity contribution is 0.631. The number of anilines is 1. The van der Waals surface area contributed by atoms with E-state index in [4.69, 9.17) is 11.6 Å². The van der Waals surface area contributed by atoms with Crippen LogP contribution in [-0.2, 0) is 6.42 Å². The predicted octanol–water partition coefficient (Wildman–Crippen LogP) is 6.79. The minimum atomic E-state index is -0.383. The number of hydrogen-bond acceptors (Lipinski definition) is 4. The van der Waals surface area contributed by atoms with Gasteiger partial charge in [-0.05, 0) is 77.7 Å². The second kappa shape index (κ2) is 7.94. The Morgan fingerprint density at radius 3 is 2.73 bits per heavy atom. The largest absolute Gasteiger partial charge is 0.384 e. The molecule has 0 saturated heterocycles. The highest BCUT2D eigenvalue weighted by atomic mass is 35.5. The van der Waals surface area contributed by atoms with Gasteiger partial charge >= 0.3 is 0 Å². The SMILES string of the molecule is Fc1ccc(Cl)cc1-c1cc(-c2cncc(-c3ccc4c(c3)CCN4)c2)c2cccnc2n1. The van der Waals surface area contributed by atoms with Crippen LogP contribution in [0.4, 0.5) is 10.1 Å². The average Bonchev–Trinajstić information content (AvgIpc) is 3.33. The quantitative estimate of drug-likeness (QED) is 0.327. The summed E-state index contributed by atoms with van der Waals surface area (Å²) in [4.78, 5) is 13.6. The first-order valence-corrected chi connectivity index (χ1v) is 11.1. The fraction of sp³-hybridized carbons (Fsp3) is 0.0741. The molecule has 3 aromatic heterocycles. The van der Waals surface area contributed by atoms with Crippen molar-refractivity contribution in [1.29, 1.82) is 0 Å². The molecule has 2 aromatic carbocycles. The maximum atomic E-state index is 14.6. The van der Waals surface area contributed by atoms with Crippen molar-refractivity contribution >= 4 is 28.3 Å². The van der Waals surface area contributed by atoms with E-state index < -0.39 is 0 Å². The van der Waals surface area contributed by atoms with E-state index in [0.717, 1.165) is 40.6 Å². The Kier molecular flexibility index (Phi) is 4.77. The average molecular weight is 453 g/mol. The van der Waals surface area contributed by atoms with E-state index >= 15 is 0 Å². The summed E-state index contributed by atoms with van der Waals surface area (Å²) < 4.78 is 14.6. The molecular formula is C27H18ClFN4. The minimum absolute atomic E-state index is 0.339. The summed E-state index contributed by atoms with van der Waals surface area (Å²) in [6.07, 6.45) is 6.39. The van der Waals surface area contributed by atoms with E-state index in [9.17, 15) is 4.39 Å². The van der Waals surface area contributed by atoms with Gasteiger partial charge in [0.2, 0.25) is 0 Å². The van der Waals surface area contributed by atoms with Crippen molar-refractivity contribution in [3.8, 4) is 33.5 Å². The van der Waals surface area contributed by atoms with Crippen LogP contribution in [0.2, 0.25) is 5.02 Å². The van der Waals surface area contributed by atoms with Crippen LogP contribution in [0.1, 0.15) is 5.56 Å². The Bertz CT molecular complexity index is 1530. The van der Waals surface area contributed by atoms with Crippen LogP contribution in [0.25, 0.3) is 44.5 Å². The lowest BCUT2D eigenvalue weighted by Gasteiger charge is -2.12. The Morgan fingerprint density at radius 2 is 1.79 bits per heavy atom. The molecule has 0 atom stereocenters. The standard InChI is InChI=1S/C27H18ClFN4/c28-20-4-5-24(29)23(12-20)26-13-22(21-2-1-8-32-27(21)33-26)19-11-18(14-30-15-19)16-3-6-25-17(10-16)7-9-31-25/h1-6,8,10-15,31H,7,9H2. The topological polar surface area (TPSA) is 50.7 Å². The molecule has 0 saturated carbocycles. The van der Waals surface area contributed by atoms with Crippen LogP contribution in [0, 0.1) is 5.82 Å². The molecule has 5 aromatic rings.